The van der Waals surface area contributed by atoms with Crippen LogP contribution in [0.4, 0.5) is 0 Å². The molecule has 0 N–H and O–H groups in total. The van der Waals surface area contributed by atoms with Crippen LogP contribution in [0, 0.1) is 12.8 Å². The van der Waals surface area contributed by atoms with Gasteiger partial charge in [-0.05, 0) is 43.4 Å². The lowest BCUT2D eigenvalue weighted by Crippen LogP contribution is -2.39. The van der Waals surface area contributed by atoms with E-state index in [0.29, 0.717) is 23.0 Å². The first-order chi connectivity index (χ1) is 13.5. The van der Waals surface area contributed by atoms with Gasteiger partial charge in [0.1, 0.15) is 0 Å². The lowest BCUT2D eigenvalue weighted by molar-refractivity contribution is -0.129. The molecule has 2 amide bonds. The molecule has 7 heteroatoms. The standard InChI is InChI=1S/C21H27N3O2S2/c1-4-9-24-17-6-5-16(3)12-18(17)28-21(24)22-19(25)13-27-14-20(26)23-10-7-15(2)8-11-23/h4-6,12,15H,1,7-11,13-14H2,2-3H3. The Balaban J connectivity index is 1.63. The first-order valence-electron chi connectivity index (χ1n) is 9.62. The molecule has 0 spiro atoms. The number of aromatic nitrogens is 1. The maximum absolute atomic E-state index is 12.4. The first kappa shape index (κ1) is 20.9. The summed E-state index contributed by atoms with van der Waals surface area (Å²) >= 11 is 2.86. The van der Waals surface area contributed by atoms with E-state index in [0.717, 1.165) is 36.1 Å². The second-order valence-corrected chi connectivity index (χ2v) is 9.31. The van der Waals surface area contributed by atoms with Gasteiger partial charge in [0.25, 0.3) is 5.91 Å². The summed E-state index contributed by atoms with van der Waals surface area (Å²) in [5.41, 5.74) is 2.24. The van der Waals surface area contributed by atoms with E-state index in [1.807, 2.05) is 15.5 Å². The second kappa shape index (κ2) is 9.56. The van der Waals surface area contributed by atoms with Crippen LogP contribution in [0.3, 0.4) is 0 Å². The highest BCUT2D eigenvalue weighted by Crippen LogP contribution is 2.19. The van der Waals surface area contributed by atoms with E-state index in [2.05, 4.69) is 43.6 Å². The van der Waals surface area contributed by atoms with Gasteiger partial charge in [-0.25, -0.2) is 0 Å². The number of likely N-dealkylation sites (tertiary alicyclic amines) is 1. The third-order valence-electron chi connectivity index (χ3n) is 4.96. The van der Waals surface area contributed by atoms with Crippen molar-refractivity contribution in [3.05, 3.63) is 41.2 Å². The molecule has 0 unspecified atom stereocenters. The number of nitrogens with zero attached hydrogens (tertiary/aromatic N) is 3. The average Bonchev–Trinajstić information content (AvgIpc) is 2.98. The summed E-state index contributed by atoms with van der Waals surface area (Å²) in [4.78, 5) is 31.6. The van der Waals surface area contributed by atoms with Crippen LogP contribution >= 0.6 is 23.1 Å². The van der Waals surface area contributed by atoms with E-state index in [-0.39, 0.29) is 17.6 Å². The van der Waals surface area contributed by atoms with Gasteiger partial charge in [-0.15, -0.1) is 18.3 Å². The van der Waals surface area contributed by atoms with Gasteiger partial charge in [-0.1, -0.05) is 30.4 Å². The zero-order valence-electron chi connectivity index (χ0n) is 16.5. The molecule has 1 aromatic carbocycles. The molecule has 0 saturated carbocycles. The van der Waals surface area contributed by atoms with Crippen LogP contribution in [0.1, 0.15) is 25.3 Å². The highest BCUT2D eigenvalue weighted by molar-refractivity contribution is 8.00. The van der Waals surface area contributed by atoms with Gasteiger partial charge in [0.15, 0.2) is 4.80 Å². The van der Waals surface area contributed by atoms with Crippen molar-refractivity contribution in [3.63, 3.8) is 0 Å². The number of aryl methyl sites for hydroxylation is 1. The third-order valence-corrected chi connectivity index (χ3v) is 6.90. The number of carbonyl (C=O) groups is 2. The van der Waals surface area contributed by atoms with E-state index >= 15 is 0 Å². The van der Waals surface area contributed by atoms with Crippen LogP contribution in [0.2, 0.25) is 0 Å². The summed E-state index contributed by atoms with van der Waals surface area (Å²) < 4.78 is 3.12. The van der Waals surface area contributed by atoms with Crippen LogP contribution in [-0.4, -0.2) is 45.9 Å². The van der Waals surface area contributed by atoms with E-state index in [4.69, 9.17) is 0 Å². The van der Waals surface area contributed by atoms with Gasteiger partial charge in [0.2, 0.25) is 5.91 Å². The number of carbonyl (C=O) groups excluding carboxylic acids is 2. The number of allylic oxidation sites excluding steroid dienone is 1. The lowest BCUT2D eigenvalue weighted by Gasteiger charge is -2.30. The topological polar surface area (TPSA) is 54.7 Å². The van der Waals surface area contributed by atoms with Gasteiger partial charge >= 0.3 is 0 Å². The molecular weight excluding hydrogens is 390 g/mol. The molecule has 0 radical (unpaired) electrons. The smallest absolute Gasteiger partial charge is 0.258 e. The van der Waals surface area contributed by atoms with Crippen LogP contribution < -0.4 is 4.80 Å². The van der Waals surface area contributed by atoms with Crippen molar-refractivity contribution in [2.24, 2.45) is 10.9 Å². The molecule has 0 atom stereocenters. The van der Waals surface area contributed by atoms with Crippen LogP contribution in [0.25, 0.3) is 10.2 Å². The van der Waals surface area contributed by atoms with E-state index in [1.165, 1.54) is 28.7 Å². The van der Waals surface area contributed by atoms with Crippen molar-refractivity contribution >= 4 is 45.1 Å². The average molecular weight is 418 g/mol. The summed E-state index contributed by atoms with van der Waals surface area (Å²) in [7, 11) is 0. The molecule has 3 rings (SSSR count). The van der Waals surface area contributed by atoms with Crippen LogP contribution in [-0.2, 0) is 16.1 Å². The number of hydrogen-bond acceptors (Lipinski definition) is 4. The van der Waals surface area contributed by atoms with Gasteiger partial charge in [0, 0.05) is 19.6 Å². The highest BCUT2D eigenvalue weighted by atomic mass is 32.2. The molecule has 0 aliphatic carbocycles. The predicted molar refractivity (Wildman–Crippen MR) is 118 cm³/mol. The number of fused-ring (bicyclic) bond motifs is 1. The summed E-state index contributed by atoms with van der Waals surface area (Å²) in [6.45, 7) is 10.4. The minimum Gasteiger partial charge on any atom is -0.342 e. The van der Waals surface area contributed by atoms with Crippen molar-refractivity contribution in [3.8, 4) is 0 Å². The van der Waals surface area contributed by atoms with E-state index < -0.39 is 0 Å². The van der Waals surface area contributed by atoms with Crippen molar-refractivity contribution in [2.75, 3.05) is 24.6 Å². The molecule has 150 valence electrons. The number of hydrogen-bond donors (Lipinski definition) is 0. The Morgan fingerprint density at radius 2 is 2.07 bits per heavy atom. The molecule has 5 nitrogen and oxygen atoms in total. The molecule has 1 saturated heterocycles. The fourth-order valence-electron chi connectivity index (χ4n) is 3.29. The number of amides is 2. The molecular formula is C21H27N3O2S2. The third kappa shape index (κ3) is 5.14. The molecule has 1 aromatic heterocycles. The van der Waals surface area contributed by atoms with Crippen molar-refractivity contribution < 1.29 is 9.59 Å². The molecule has 0 bridgehead atoms. The highest BCUT2D eigenvalue weighted by Gasteiger charge is 2.20. The lowest BCUT2D eigenvalue weighted by atomic mass is 9.99. The Morgan fingerprint density at radius 1 is 1.32 bits per heavy atom. The fraction of sp³-hybridized carbons (Fsp3) is 0.476. The number of thiazole rings is 1. The van der Waals surface area contributed by atoms with Crippen molar-refractivity contribution in [2.45, 2.75) is 33.2 Å². The predicted octanol–water partition coefficient (Wildman–Crippen LogP) is 3.62. The Bertz CT molecular complexity index is 937. The Hall–Kier alpha value is -1.86. The Morgan fingerprint density at radius 3 is 2.79 bits per heavy atom. The second-order valence-electron chi connectivity index (χ2n) is 7.32. The molecule has 1 fully saturated rings. The Labute approximate surface area is 174 Å². The van der Waals surface area contributed by atoms with Crippen LogP contribution in [0.15, 0.2) is 35.8 Å². The fourth-order valence-corrected chi connectivity index (χ4v) is 5.14. The van der Waals surface area contributed by atoms with Crippen molar-refractivity contribution in [1.29, 1.82) is 0 Å². The van der Waals surface area contributed by atoms with Gasteiger partial charge in [0.05, 0.1) is 21.7 Å². The minimum atomic E-state index is -0.203. The molecule has 2 heterocycles. The normalized spacial score (nSPS) is 15.9. The summed E-state index contributed by atoms with van der Waals surface area (Å²) in [6.07, 6.45) is 3.95. The summed E-state index contributed by atoms with van der Waals surface area (Å²) in [5.74, 6) is 1.19. The maximum Gasteiger partial charge on any atom is 0.258 e. The van der Waals surface area contributed by atoms with E-state index in [9.17, 15) is 9.59 Å². The first-order valence-corrected chi connectivity index (χ1v) is 11.6. The van der Waals surface area contributed by atoms with Gasteiger partial charge in [-0.2, -0.15) is 4.99 Å². The molecule has 1 aliphatic heterocycles. The van der Waals surface area contributed by atoms with Gasteiger partial charge < -0.3 is 9.47 Å². The minimum absolute atomic E-state index is 0.128. The summed E-state index contributed by atoms with van der Waals surface area (Å²) in [6, 6.07) is 6.22. The summed E-state index contributed by atoms with van der Waals surface area (Å²) in [5, 5.41) is 0. The Kier molecular flexibility index (Phi) is 7.13. The number of thioether (sulfide) groups is 1. The zero-order chi connectivity index (χ0) is 20.1. The largest absolute Gasteiger partial charge is 0.342 e. The zero-order valence-corrected chi connectivity index (χ0v) is 18.2. The van der Waals surface area contributed by atoms with Gasteiger partial charge in [-0.3, -0.25) is 9.59 Å². The molecule has 28 heavy (non-hydrogen) atoms. The maximum atomic E-state index is 12.4. The van der Waals surface area contributed by atoms with Crippen molar-refractivity contribution in [1.82, 2.24) is 9.47 Å². The van der Waals surface area contributed by atoms with E-state index in [1.54, 1.807) is 0 Å². The monoisotopic (exact) mass is 417 g/mol. The SMILES string of the molecule is C=CCn1c(=NC(=O)CSCC(=O)N2CCC(C)CC2)sc2cc(C)ccc21. The quantitative estimate of drug-likeness (QED) is 0.675. The number of piperidine rings is 1. The molecule has 2 aromatic rings. The number of rotatable bonds is 6. The molecule has 1 aliphatic rings. The van der Waals surface area contributed by atoms with Crippen LogP contribution in [0.5, 0.6) is 0 Å². The number of benzene rings is 1.